The maximum Gasteiger partial charge on any atom is 0.408 e. The van der Waals surface area contributed by atoms with Gasteiger partial charge < -0.3 is 34.9 Å². The summed E-state index contributed by atoms with van der Waals surface area (Å²) in [6.45, 7) is 2.49. The number of hydrogen-bond donors (Lipinski definition) is 2. The van der Waals surface area contributed by atoms with E-state index in [9.17, 15) is 14.4 Å². The number of nitrogens with one attached hydrogen (secondary N) is 1. The van der Waals surface area contributed by atoms with Gasteiger partial charge in [-0.15, -0.1) is 0 Å². The van der Waals surface area contributed by atoms with Gasteiger partial charge in [-0.25, -0.2) is 9.78 Å². The van der Waals surface area contributed by atoms with E-state index in [0.29, 0.717) is 23.8 Å². The normalized spacial score (nSPS) is 28.0. The number of fused-ring (bicyclic) bond motifs is 4. The largest absolute Gasteiger partial charge is 0.496 e. The second-order valence-corrected chi connectivity index (χ2v) is 13.0. The van der Waals surface area contributed by atoms with Gasteiger partial charge in [-0.05, 0) is 81.8 Å². The fourth-order valence-electron chi connectivity index (χ4n) is 7.89. The SMILES string of the molecule is CCOc1cc2c3cc(c(OC)cc3n1)CCC[C@@H]1CCC[C@@H]1OC(=O)N[C@@H](C1CCCCC1)C(=O)N1C[C@@H](C[C@H]1C(N)=O)O2. The van der Waals surface area contributed by atoms with E-state index in [0.717, 1.165) is 87.3 Å². The molecule has 11 heteroatoms. The fraction of sp³-hybridized carbons (Fsp3) is 0.647. The Morgan fingerprint density at radius 1 is 1.02 bits per heavy atom. The molecular formula is C34H46N4O7. The van der Waals surface area contributed by atoms with Crippen LogP contribution in [0.1, 0.15) is 83.1 Å². The molecule has 2 aliphatic heterocycles. The molecule has 3 N–H and O–H groups in total. The maximum absolute atomic E-state index is 14.3. The summed E-state index contributed by atoms with van der Waals surface area (Å²) < 4.78 is 24.2. The van der Waals surface area contributed by atoms with Gasteiger partial charge in [-0.1, -0.05) is 19.3 Å². The molecule has 5 atom stereocenters. The average Bonchev–Trinajstić information content (AvgIpc) is 3.66. The summed E-state index contributed by atoms with van der Waals surface area (Å²) in [4.78, 5) is 46.6. The second-order valence-electron chi connectivity index (χ2n) is 13.0. The van der Waals surface area contributed by atoms with E-state index in [1.807, 2.05) is 13.0 Å². The molecule has 1 aromatic carbocycles. The summed E-state index contributed by atoms with van der Waals surface area (Å²) >= 11 is 0. The molecule has 4 bridgehead atoms. The lowest BCUT2D eigenvalue weighted by Crippen LogP contribution is -2.56. The molecule has 1 saturated heterocycles. The predicted octanol–water partition coefficient (Wildman–Crippen LogP) is 4.66. The minimum absolute atomic E-state index is 0.0384. The molecule has 2 aromatic rings. The van der Waals surface area contributed by atoms with Crippen molar-refractivity contribution in [1.82, 2.24) is 15.2 Å². The molecule has 3 fully saturated rings. The molecule has 0 spiro atoms. The number of amides is 3. The number of alkyl carbamates (subject to hydrolysis) is 1. The maximum atomic E-state index is 14.3. The van der Waals surface area contributed by atoms with E-state index >= 15 is 0 Å². The lowest BCUT2D eigenvalue weighted by Gasteiger charge is -2.34. The van der Waals surface area contributed by atoms with Crippen molar-refractivity contribution >= 4 is 28.8 Å². The van der Waals surface area contributed by atoms with Gasteiger partial charge in [0.15, 0.2) is 0 Å². The van der Waals surface area contributed by atoms with Crippen LogP contribution in [0.15, 0.2) is 18.2 Å². The molecule has 244 valence electrons. The Morgan fingerprint density at radius 2 is 1.80 bits per heavy atom. The summed E-state index contributed by atoms with van der Waals surface area (Å²) in [5.41, 5.74) is 7.58. The van der Waals surface area contributed by atoms with Crippen molar-refractivity contribution in [2.45, 2.75) is 108 Å². The molecule has 0 radical (unpaired) electrons. The van der Waals surface area contributed by atoms with Gasteiger partial charge in [-0.2, -0.15) is 0 Å². The number of ether oxygens (including phenoxy) is 4. The van der Waals surface area contributed by atoms with Crippen molar-refractivity contribution < 1.29 is 33.3 Å². The first-order chi connectivity index (χ1) is 21.8. The number of nitrogens with zero attached hydrogens (tertiary/aromatic N) is 2. The topological polar surface area (TPSA) is 142 Å². The van der Waals surface area contributed by atoms with Crippen molar-refractivity contribution in [3.05, 3.63) is 23.8 Å². The van der Waals surface area contributed by atoms with Crippen LogP contribution < -0.4 is 25.3 Å². The minimum Gasteiger partial charge on any atom is -0.496 e. The quantitative estimate of drug-likeness (QED) is 0.491. The van der Waals surface area contributed by atoms with Crippen LogP contribution >= 0.6 is 0 Å². The van der Waals surface area contributed by atoms with Gasteiger partial charge in [0.25, 0.3) is 0 Å². The van der Waals surface area contributed by atoms with Gasteiger partial charge in [0, 0.05) is 23.9 Å². The zero-order valence-electron chi connectivity index (χ0n) is 26.4. The van der Waals surface area contributed by atoms with Crippen LogP contribution in [0.3, 0.4) is 0 Å². The van der Waals surface area contributed by atoms with Crippen LogP contribution in [-0.2, 0) is 20.7 Å². The van der Waals surface area contributed by atoms with Gasteiger partial charge in [0.2, 0.25) is 17.7 Å². The molecule has 1 aromatic heterocycles. The predicted molar refractivity (Wildman–Crippen MR) is 167 cm³/mol. The molecule has 0 unspecified atom stereocenters. The summed E-state index contributed by atoms with van der Waals surface area (Å²) in [7, 11) is 1.65. The Hall–Kier alpha value is -3.76. The number of methoxy groups -OCH3 is 1. The fourth-order valence-corrected chi connectivity index (χ4v) is 7.89. The van der Waals surface area contributed by atoms with Gasteiger partial charge in [0.05, 0.1) is 25.8 Å². The third kappa shape index (κ3) is 6.77. The van der Waals surface area contributed by atoms with Gasteiger partial charge >= 0.3 is 6.09 Å². The molecule has 2 saturated carbocycles. The number of carbonyl (C=O) groups is 3. The van der Waals surface area contributed by atoms with Crippen LogP contribution in [0.4, 0.5) is 4.79 Å². The van der Waals surface area contributed by atoms with Crippen LogP contribution in [0.25, 0.3) is 10.9 Å². The van der Waals surface area contributed by atoms with E-state index < -0.39 is 30.2 Å². The van der Waals surface area contributed by atoms with Crippen LogP contribution in [0.5, 0.6) is 17.4 Å². The Balaban J connectivity index is 1.40. The third-order valence-corrected chi connectivity index (χ3v) is 10.1. The van der Waals surface area contributed by atoms with Gasteiger partial charge in [-0.3, -0.25) is 9.59 Å². The summed E-state index contributed by atoms with van der Waals surface area (Å²) in [5, 5.41) is 3.78. The number of carbonyl (C=O) groups excluding carboxylic acids is 3. The van der Waals surface area contributed by atoms with Crippen molar-refractivity contribution in [2.75, 3.05) is 20.3 Å². The lowest BCUT2D eigenvalue weighted by molar-refractivity contribution is -0.140. The zero-order valence-corrected chi connectivity index (χ0v) is 26.4. The number of hydrogen-bond acceptors (Lipinski definition) is 8. The number of nitrogens with two attached hydrogens (primary N) is 1. The van der Waals surface area contributed by atoms with Crippen molar-refractivity contribution in [3.63, 3.8) is 0 Å². The van der Waals surface area contributed by atoms with Gasteiger partial charge in [0.1, 0.15) is 35.8 Å². The summed E-state index contributed by atoms with van der Waals surface area (Å²) in [6, 6.07) is 4.10. The van der Waals surface area contributed by atoms with E-state index in [4.69, 9.17) is 29.7 Å². The highest BCUT2D eigenvalue weighted by molar-refractivity contribution is 5.92. The van der Waals surface area contributed by atoms with Crippen molar-refractivity contribution in [1.29, 1.82) is 0 Å². The number of primary amides is 1. The first-order valence-electron chi connectivity index (χ1n) is 16.7. The van der Waals surface area contributed by atoms with E-state index in [1.54, 1.807) is 13.2 Å². The lowest BCUT2D eigenvalue weighted by atomic mass is 9.83. The van der Waals surface area contributed by atoms with E-state index in [1.165, 1.54) is 4.90 Å². The Bertz CT molecular complexity index is 1410. The average molecular weight is 623 g/mol. The van der Waals surface area contributed by atoms with Crippen molar-refractivity contribution in [3.8, 4) is 17.4 Å². The summed E-state index contributed by atoms with van der Waals surface area (Å²) in [6.07, 6.45) is 9.11. The van der Waals surface area contributed by atoms with E-state index in [2.05, 4.69) is 11.4 Å². The second kappa shape index (κ2) is 13.7. The van der Waals surface area contributed by atoms with Crippen LogP contribution in [-0.4, -0.2) is 72.3 Å². The number of pyridine rings is 1. The smallest absolute Gasteiger partial charge is 0.408 e. The Labute approximate surface area is 264 Å². The Morgan fingerprint density at radius 3 is 2.56 bits per heavy atom. The third-order valence-electron chi connectivity index (χ3n) is 10.1. The summed E-state index contributed by atoms with van der Waals surface area (Å²) in [5.74, 6) is 1.03. The minimum atomic E-state index is -0.858. The molecule has 6 rings (SSSR count). The standard InChI is InChI=1S/C34H46N4O7/c1-3-43-30-18-29-24-15-22(28(42-2)17-25(24)36-30)13-7-11-20-12-8-14-27(20)45-34(41)37-31(21-9-5-4-6-10-21)33(40)38-19-23(44-29)16-26(38)32(35)39/h15,17-18,20-21,23,26-27,31H,3-14,16,19H2,1-2H3,(H2,35,39)(H,37,41)/t20-,23-,26+,27+,31+/m1/s1. The molecule has 2 aliphatic carbocycles. The highest BCUT2D eigenvalue weighted by Gasteiger charge is 2.45. The first kappa shape index (κ1) is 31.2. The van der Waals surface area contributed by atoms with Crippen LogP contribution in [0, 0.1) is 11.8 Å². The highest BCUT2D eigenvalue weighted by atomic mass is 16.6. The number of aryl methyl sites for hydroxylation is 1. The highest BCUT2D eigenvalue weighted by Crippen LogP contribution is 2.38. The molecule has 45 heavy (non-hydrogen) atoms. The van der Waals surface area contributed by atoms with Crippen molar-refractivity contribution in [2.24, 2.45) is 17.6 Å². The zero-order chi connectivity index (χ0) is 31.5. The Kier molecular flexibility index (Phi) is 9.51. The monoisotopic (exact) mass is 622 g/mol. The molecule has 11 nitrogen and oxygen atoms in total. The number of rotatable bonds is 5. The molecule has 4 aliphatic rings. The molecule has 3 amide bonds. The molecule has 3 heterocycles. The van der Waals surface area contributed by atoms with Crippen LogP contribution in [0.2, 0.25) is 0 Å². The molecular weight excluding hydrogens is 576 g/mol. The number of aromatic nitrogens is 1. The number of benzene rings is 1. The first-order valence-corrected chi connectivity index (χ1v) is 16.7. The van der Waals surface area contributed by atoms with E-state index in [-0.39, 0.29) is 36.8 Å².